The fraction of sp³-hybridized carbons (Fsp3) is 0.300. The van der Waals surface area contributed by atoms with Crippen molar-refractivity contribution in [3.63, 3.8) is 0 Å². The second kappa shape index (κ2) is 8.62. The zero-order chi connectivity index (χ0) is 26.9. The molecule has 3 aliphatic carbocycles. The molecule has 4 atom stereocenters. The Morgan fingerprint density at radius 1 is 1.03 bits per heavy atom. The number of hydrogen-bond acceptors (Lipinski definition) is 6. The zero-order valence-corrected chi connectivity index (χ0v) is 20.6. The number of carboxylic acids is 1. The van der Waals surface area contributed by atoms with E-state index in [1.54, 1.807) is 25.1 Å². The number of nitrogens with zero attached hydrogens (tertiary/aromatic N) is 1. The van der Waals surface area contributed by atoms with Gasteiger partial charge in [0.25, 0.3) is 0 Å². The summed E-state index contributed by atoms with van der Waals surface area (Å²) in [5, 5.41) is 21.9. The number of benzene rings is 2. The fourth-order valence-electron chi connectivity index (χ4n) is 6.71. The second-order valence-corrected chi connectivity index (χ2v) is 10.4. The van der Waals surface area contributed by atoms with Gasteiger partial charge in [-0.2, -0.15) is 0 Å². The van der Waals surface area contributed by atoms with Gasteiger partial charge in [-0.15, -0.1) is 0 Å². The van der Waals surface area contributed by atoms with E-state index in [1.165, 1.54) is 6.08 Å². The number of aliphatic carboxylic acids is 1. The summed E-state index contributed by atoms with van der Waals surface area (Å²) in [7, 11) is 0. The summed E-state index contributed by atoms with van der Waals surface area (Å²) in [4.78, 5) is 65.5. The number of fused-ring (bicyclic) bond motifs is 4. The number of imide groups is 1. The van der Waals surface area contributed by atoms with Gasteiger partial charge in [0.2, 0.25) is 11.8 Å². The first kappa shape index (κ1) is 24.0. The summed E-state index contributed by atoms with van der Waals surface area (Å²) in [5.41, 5.74) is 2.17. The number of hydrogen-bond donors (Lipinski definition) is 2. The largest absolute Gasteiger partial charge is 0.507 e. The van der Waals surface area contributed by atoms with E-state index in [0.717, 1.165) is 15.9 Å². The van der Waals surface area contributed by atoms with Crippen molar-refractivity contribution in [3.05, 3.63) is 76.4 Å². The van der Waals surface area contributed by atoms with Crippen molar-refractivity contribution in [2.75, 3.05) is 6.54 Å². The Morgan fingerprint density at radius 2 is 1.79 bits per heavy atom. The van der Waals surface area contributed by atoms with Crippen LogP contribution < -0.4 is 0 Å². The average molecular weight is 512 g/mol. The number of carbonyl (C=O) groups is 5. The molecule has 0 aromatic heterocycles. The minimum absolute atomic E-state index is 0.00740. The standard InChI is InChI=1S/C30H25NO7/c1-14-12-22(32)21-13-20-17(8-9-19-25(20)30(38)31(29(19)37)11-10-23(33)34)24(26(21)27(14)35)18-7-6-15-4-2-3-5-16(15)28(18)36/h2-8,12,19-20,24-25,36H,9-11,13H2,1H3,(H,33,34). The van der Waals surface area contributed by atoms with Crippen LogP contribution in [0.2, 0.25) is 0 Å². The van der Waals surface area contributed by atoms with Crippen molar-refractivity contribution in [2.45, 2.75) is 32.1 Å². The number of aromatic hydroxyl groups is 1. The van der Waals surface area contributed by atoms with E-state index in [9.17, 15) is 29.1 Å². The maximum atomic E-state index is 13.5. The molecule has 1 fully saturated rings. The number of phenols is 1. The van der Waals surface area contributed by atoms with Crippen molar-refractivity contribution >= 4 is 40.1 Å². The van der Waals surface area contributed by atoms with Gasteiger partial charge in [0, 0.05) is 40.1 Å². The predicted molar refractivity (Wildman–Crippen MR) is 136 cm³/mol. The molecule has 8 nitrogen and oxygen atoms in total. The number of ketones is 2. The molecule has 38 heavy (non-hydrogen) atoms. The SMILES string of the molecule is CC1=CC(=O)C2=C(C1=O)C(c1ccc3ccccc3c1O)C1=CCC3C(=O)N(CCC(=O)O)C(=O)C3C1C2. The summed E-state index contributed by atoms with van der Waals surface area (Å²) in [6.45, 7) is 1.39. The third-order valence-electron chi connectivity index (χ3n) is 8.45. The van der Waals surface area contributed by atoms with Crippen LogP contribution in [0.15, 0.2) is 70.8 Å². The molecule has 0 saturated carbocycles. The van der Waals surface area contributed by atoms with Gasteiger partial charge in [0.1, 0.15) is 5.75 Å². The molecule has 4 aliphatic rings. The lowest BCUT2D eigenvalue weighted by Crippen LogP contribution is -2.40. The molecule has 6 rings (SSSR count). The third-order valence-corrected chi connectivity index (χ3v) is 8.45. The summed E-state index contributed by atoms with van der Waals surface area (Å²) >= 11 is 0. The Balaban J connectivity index is 1.51. The highest BCUT2D eigenvalue weighted by Gasteiger charge is 2.56. The van der Waals surface area contributed by atoms with Crippen LogP contribution in [0.4, 0.5) is 0 Å². The molecule has 2 amide bonds. The first-order chi connectivity index (χ1) is 18.2. The molecule has 8 heteroatoms. The van der Waals surface area contributed by atoms with Crippen molar-refractivity contribution in [1.82, 2.24) is 4.90 Å². The minimum atomic E-state index is -1.10. The lowest BCUT2D eigenvalue weighted by atomic mass is 9.59. The maximum Gasteiger partial charge on any atom is 0.305 e. The number of carboxylic acid groups (broad SMARTS) is 1. The van der Waals surface area contributed by atoms with Gasteiger partial charge in [-0.25, -0.2) is 0 Å². The monoisotopic (exact) mass is 511 g/mol. The highest BCUT2D eigenvalue weighted by molar-refractivity contribution is 6.24. The molecule has 1 aliphatic heterocycles. The van der Waals surface area contributed by atoms with Gasteiger partial charge in [0.05, 0.1) is 18.3 Å². The number of allylic oxidation sites excluding steroid dienone is 6. The molecule has 2 aromatic rings. The van der Waals surface area contributed by atoms with Gasteiger partial charge >= 0.3 is 5.97 Å². The molecular formula is C30H25NO7. The van der Waals surface area contributed by atoms with E-state index in [0.29, 0.717) is 27.7 Å². The number of amides is 2. The van der Waals surface area contributed by atoms with Gasteiger partial charge in [-0.05, 0) is 37.1 Å². The number of phenolic OH excluding ortho intramolecular Hbond substituents is 1. The van der Waals surface area contributed by atoms with Crippen molar-refractivity contribution < 1.29 is 34.2 Å². The van der Waals surface area contributed by atoms with Crippen LogP contribution in [0, 0.1) is 17.8 Å². The number of carbonyl (C=O) groups excluding carboxylic acids is 4. The van der Waals surface area contributed by atoms with Crippen LogP contribution in [0.1, 0.15) is 37.7 Å². The van der Waals surface area contributed by atoms with E-state index >= 15 is 0 Å². The molecule has 1 heterocycles. The predicted octanol–water partition coefficient (Wildman–Crippen LogP) is 3.45. The molecule has 192 valence electrons. The summed E-state index contributed by atoms with van der Waals surface area (Å²) < 4.78 is 0. The van der Waals surface area contributed by atoms with Gasteiger partial charge in [-0.3, -0.25) is 28.9 Å². The number of rotatable bonds is 4. The average Bonchev–Trinajstić information content (AvgIpc) is 3.14. The van der Waals surface area contributed by atoms with E-state index < -0.39 is 41.5 Å². The van der Waals surface area contributed by atoms with Crippen LogP contribution in [0.5, 0.6) is 5.75 Å². The highest BCUT2D eigenvalue weighted by atomic mass is 16.4. The maximum absolute atomic E-state index is 13.5. The molecule has 0 radical (unpaired) electrons. The van der Waals surface area contributed by atoms with Gasteiger partial charge in [0.15, 0.2) is 11.6 Å². The third kappa shape index (κ3) is 3.40. The summed E-state index contributed by atoms with van der Waals surface area (Å²) in [5.74, 6) is -5.19. The lowest BCUT2D eigenvalue weighted by Gasteiger charge is -2.42. The van der Waals surface area contributed by atoms with Crippen LogP contribution >= 0.6 is 0 Å². The molecule has 2 aromatic carbocycles. The fourth-order valence-corrected chi connectivity index (χ4v) is 6.71. The molecule has 1 saturated heterocycles. The Labute approximate surface area is 217 Å². The van der Waals surface area contributed by atoms with E-state index in [4.69, 9.17) is 5.11 Å². The molecular weight excluding hydrogens is 486 g/mol. The quantitative estimate of drug-likeness (QED) is 0.365. The highest BCUT2D eigenvalue weighted by Crippen LogP contribution is 2.56. The Kier molecular flexibility index (Phi) is 5.45. The van der Waals surface area contributed by atoms with Crippen molar-refractivity contribution in [3.8, 4) is 5.75 Å². The first-order valence-corrected chi connectivity index (χ1v) is 12.7. The molecule has 0 spiro atoms. The number of likely N-dealkylation sites (tertiary alicyclic amines) is 1. The molecule has 4 unspecified atom stereocenters. The lowest BCUT2D eigenvalue weighted by molar-refractivity contribution is -0.142. The van der Waals surface area contributed by atoms with Crippen LogP contribution in [0.25, 0.3) is 10.8 Å². The number of Topliss-reactive ketones (excluding diaryl/α,β-unsaturated/α-hetero) is 1. The Morgan fingerprint density at radius 3 is 2.55 bits per heavy atom. The normalized spacial score (nSPS) is 26.7. The van der Waals surface area contributed by atoms with Crippen LogP contribution in [-0.2, 0) is 24.0 Å². The van der Waals surface area contributed by atoms with Crippen molar-refractivity contribution in [2.24, 2.45) is 17.8 Å². The van der Waals surface area contributed by atoms with Crippen LogP contribution in [-0.4, -0.2) is 51.0 Å². The van der Waals surface area contributed by atoms with E-state index in [2.05, 4.69) is 0 Å². The second-order valence-electron chi connectivity index (χ2n) is 10.4. The van der Waals surface area contributed by atoms with Crippen LogP contribution in [0.3, 0.4) is 0 Å². The zero-order valence-electron chi connectivity index (χ0n) is 20.6. The minimum Gasteiger partial charge on any atom is -0.507 e. The Hall–Kier alpha value is -4.33. The van der Waals surface area contributed by atoms with Gasteiger partial charge < -0.3 is 10.2 Å². The smallest absolute Gasteiger partial charge is 0.305 e. The van der Waals surface area contributed by atoms with Crippen molar-refractivity contribution in [1.29, 1.82) is 0 Å². The summed E-state index contributed by atoms with van der Waals surface area (Å²) in [6, 6.07) is 10.9. The Bertz CT molecular complexity index is 1580. The van der Waals surface area contributed by atoms with Gasteiger partial charge in [-0.1, -0.05) is 48.0 Å². The molecule has 2 N–H and O–H groups in total. The van der Waals surface area contributed by atoms with E-state index in [-0.39, 0.29) is 43.1 Å². The topological polar surface area (TPSA) is 129 Å². The van der Waals surface area contributed by atoms with E-state index in [1.807, 2.05) is 24.3 Å². The first-order valence-electron chi connectivity index (χ1n) is 12.7. The molecule has 0 bridgehead atoms. The summed E-state index contributed by atoms with van der Waals surface area (Å²) in [6.07, 6.45) is 3.24.